The Morgan fingerprint density at radius 2 is 2.15 bits per heavy atom. The van der Waals surface area contributed by atoms with Crippen LogP contribution in [0.5, 0.6) is 0 Å². The van der Waals surface area contributed by atoms with Crippen molar-refractivity contribution in [1.82, 2.24) is 5.32 Å². The summed E-state index contributed by atoms with van der Waals surface area (Å²) in [7, 11) is 2.12. The lowest BCUT2D eigenvalue weighted by Crippen LogP contribution is -2.35. The van der Waals surface area contributed by atoms with Crippen molar-refractivity contribution >= 4 is 22.7 Å². The van der Waals surface area contributed by atoms with E-state index >= 15 is 0 Å². The molecule has 0 radical (unpaired) electrons. The first-order chi connectivity index (χ1) is 9.81. The quantitative estimate of drug-likeness (QED) is 0.849. The van der Waals surface area contributed by atoms with Crippen LogP contribution in [0, 0.1) is 0 Å². The number of rotatable bonds is 5. The third kappa shape index (κ3) is 2.85. The summed E-state index contributed by atoms with van der Waals surface area (Å²) in [5, 5.41) is 5.86. The zero-order chi connectivity index (χ0) is 13.9. The fourth-order valence-corrected chi connectivity index (χ4v) is 5.34. The predicted molar refractivity (Wildman–Crippen MR) is 90.2 cm³/mol. The predicted octanol–water partition coefficient (Wildman–Crippen LogP) is 4.62. The van der Waals surface area contributed by atoms with E-state index in [0.29, 0.717) is 12.0 Å². The molecule has 0 spiro atoms. The molecule has 0 aliphatic heterocycles. The number of thiophene rings is 2. The Labute approximate surface area is 130 Å². The van der Waals surface area contributed by atoms with Gasteiger partial charge in [-0.1, -0.05) is 6.92 Å². The molecule has 0 amide bonds. The number of likely N-dealkylation sites (N-methyl/N-ethyl adjacent to an activating group) is 1. The summed E-state index contributed by atoms with van der Waals surface area (Å²) in [4.78, 5) is 4.67. The van der Waals surface area contributed by atoms with Crippen LogP contribution in [0.25, 0.3) is 0 Å². The molecule has 0 fully saturated rings. The van der Waals surface area contributed by atoms with E-state index in [4.69, 9.17) is 0 Å². The fourth-order valence-electron chi connectivity index (χ4n) is 3.32. The molecule has 0 bridgehead atoms. The van der Waals surface area contributed by atoms with Crippen LogP contribution in [-0.2, 0) is 19.3 Å². The summed E-state index contributed by atoms with van der Waals surface area (Å²) >= 11 is 3.93. The van der Waals surface area contributed by atoms with Crippen LogP contribution in [0.1, 0.15) is 45.9 Å². The number of fused-ring (bicyclic) bond motifs is 1. The molecular formula is C17H23NS2. The second-order valence-electron chi connectivity index (χ2n) is 5.62. The first-order valence-corrected chi connectivity index (χ1v) is 9.32. The van der Waals surface area contributed by atoms with E-state index in [2.05, 4.69) is 42.9 Å². The molecule has 2 atom stereocenters. The molecule has 3 rings (SSSR count). The molecule has 2 heterocycles. The second-order valence-corrected chi connectivity index (χ2v) is 7.87. The van der Waals surface area contributed by atoms with Gasteiger partial charge < -0.3 is 5.32 Å². The third-order valence-corrected chi connectivity index (χ3v) is 6.69. The van der Waals surface area contributed by atoms with Crippen molar-refractivity contribution in [2.24, 2.45) is 0 Å². The standard InChI is InChI=1S/C17H23NS2/c1-3-12-7-8-13(20-12)11-16(18-2)14-5-4-6-17-15(14)9-10-19-17/h7-10,14,16,18H,3-6,11H2,1-2H3. The number of nitrogens with one attached hydrogen (secondary N) is 1. The zero-order valence-electron chi connectivity index (χ0n) is 12.3. The van der Waals surface area contributed by atoms with Crippen LogP contribution in [0.3, 0.4) is 0 Å². The van der Waals surface area contributed by atoms with Crippen molar-refractivity contribution < 1.29 is 0 Å². The van der Waals surface area contributed by atoms with E-state index in [1.807, 2.05) is 22.7 Å². The van der Waals surface area contributed by atoms with Gasteiger partial charge in [0.05, 0.1) is 0 Å². The van der Waals surface area contributed by atoms with Gasteiger partial charge in [-0.3, -0.25) is 0 Å². The summed E-state index contributed by atoms with van der Waals surface area (Å²) in [6.07, 6.45) is 6.30. The van der Waals surface area contributed by atoms with E-state index in [9.17, 15) is 0 Å². The highest BCUT2D eigenvalue weighted by atomic mass is 32.1. The number of aryl methyl sites for hydroxylation is 2. The maximum absolute atomic E-state index is 3.59. The highest BCUT2D eigenvalue weighted by Gasteiger charge is 2.28. The Kier molecular flexibility index (Phi) is 4.59. The Morgan fingerprint density at radius 3 is 2.90 bits per heavy atom. The van der Waals surface area contributed by atoms with Gasteiger partial charge in [-0.25, -0.2) is 0 Å². The minimum atomic E-state index is 0.576. The van der Waals surface area contributed by atoms with Gasteiger partial charge in [-0.2, -0.15) is 0 Å². The molecule has 0 saturated heterocycles. The second kappa shape index (κ2) is 6.42. The van der Waals surface area contributed by atoms with Crippen LogP contribution < -0.4 is 5.32 Å². The van der Waals surface area contributed by atoms with Crippen LogP contribution >= 0.6 is 22.7 Å². The Hall–Kier alpha value is -0.640. The van der Waals surface area contributed by atoms with Gasteiger partial charge in [0.1, 0.15) is 0 Å². The van der Waals surface area contributed by atoms with E-state index in [0.717, 1.165) is 6.42 Å². The molecule has 1 N–H and O–H groups in total. The molecule has 2 aromatic rings. The Morgan fingerprint density at radius 1 is 1.30 bits per heavy atom. The number of hydrogen-bond donors (Lipinski definition) is 1. The van der Waals surface area contributed by atoms with Crippen LogP contribution in [-0.4, -0.2) is 13.1 Å². The van der Waals surface area contributed by atoms with Gasteiger partial charge in [0.2, 0.25) is 0 Å². The van der Waals surface area contributed by atoms with Crippen LogP contribution in [0.15, 0.2) is 23.6 Å². The van der Waals surface area contributed by atoms with E-state index in [-0.39, 0.29) is 0 Å². The Balaban J connectivity index is 1.77. The molecule has 1 nitrogen and oxygen atoms in total. The maximum atomic E-state index is 3.59. The normalized spacial score (nSPS) is 19.8. The summed E-state index contributed by atoms with van der Waals surface area (Å²) in [6, 6.07) is 7.56. The molecule has 0 saturated carbocycles. The summed E-state index contributed by atoms with van der Waals surface area (Å²) in [6.45, 7) is 2.24. The first kappa shape index (κ1) is 14.3. The summed E-state index contributed by atoms with van der Waals surface area (Å²) < 4.78 is 0. The van der Waals surface area contributed by atoms with Crippen molar-refractivity contribution in [1.29, 1.82) is 0 Å². The first-order valence-electron chi connectivity index (χ1n) is 7.63. The number of hydrogen-bond acceptors (Lipinski definition) is 3. The van der Waals surface area contributed by atoms with E-state index in [1.165, 1.54) is 35.4 Å². The topological polar surface area (TPSA) is 12.0 Å². The van der Waals surface area contributed by atoms with Crippen molar-refractivity contribution in [2.45, 2.75) is 51.0 Å². The minimum Gasteiger partial charge on any atom is -0.316 e. The van der Waals surface area contributed by atoms with Gasteiger partial charge in [-0.15, -0.1) is 22.7 Å². The van der Waals surface area contributed by atoms with Gasteiger partial charge in [0.15, 0.2) is 0 Å². The van der Waals surface area contributed by atoms with Gasteiger partial charge in [0, 0.05) is 26.6 Å². The monoisotopic (exact) mass is 305 g/mol. The zero-order valence-corrected chi connectivity index (χ0v) is 13.9. The van der Waals surface area contributed by atoms with Crippen LogP contribution in [0.4, 0.5) is 0 Å². The lowest BCUT2D eigenvalue weighted by atomic mass is 9.81. The molecule has 1 aliphatic carbocycles. The minimum absolute atomic E-state index is 0.576. The van der Waals surface area contributed by atoms with Gasteiger partial charge >= 0.3 is 0 Å². The Bertz CT molecular complexity index is 555. The third-order valence-electron chi connectivity index (χ3n) is 4.44. The summed E-state index contributed by atoms with van der Waals surface area (Å²) in [5.41, 5.74) is 1.62. The smallest absolute Gasteiger partial charge is 0.0181 e. The molecule has 20 heavy (non-hydrogen) atoms. The lowest BCUT2D eigenvalue weighted by molar-refractivity contribution is 0.415. The highest BCUT2D eigenvalue weighted by molar-refractivity contribution is 7.12. The van der Waals surface area contributed by atoms with E-state index in [1.54, 1.807) is 10.4 Å². The molecule has 2 aromatic heterocycles. The van der Waals surface area contributed by atoms with Crippen LogP contribution in [0.2, 0.25) is 0 Å². The molecule has 2 unspecified atom stereocenters. The van der Waals surface area contributed by atoms with Crippen molar-refractivity contribution in [3.05, 3.63) is 43.8 Å². The molecule has 108 valence electrons. The molecule has 1 aliphatic rings. The van der Waals surface area contributed by atoms with Crippen molar-refractivity contribution in [3.8, 4) is 0 Å². The van der Waals surface area contributed by atoms with Crippen molar-refractivity contribution in [3.63, 3.8) is 0 Å². The molecular weight excluding hydrogens is 282 g/mol. The SMILES string of the molecule is CCc1ccc(CC(NC)C2CCCc3sccc32)s1. The largest absolute Gasteiger partial charge is 0.316 e. The fraction of sp³-hybridized carbons (Fsp3) is 0.529. The lowest BCUT2D eigenvalue weighted by Gasteiger charge is -2.30. The van der Waals surface area contributed by atoms with Gasteiger partial charge in [0.25, 0.3) is 0 Å². The van der Waals surface area contributed by atoms with Crippen molar-refractivity contribution in [2.75, 3.05) is 7.05 Å². The molecule has 3 heteroatoms. The van der Waals surface area contributed by atoms with Gasteiger partial charge in [-0.05, 0) is 68.3 Å². The average Bonchev–Trinajstić information content (AvgIpc) is 3.13. The average molecular weight is 306 g/mol. The molecule has 0 aromatic carbocycles. The maximum Gasteiger partial charge on any atom is 0.0181 e. The van der Waals surface area contributed by atoms with E-state index < -0.39 is 0 Å². The summed E-state index contributed by atoms with van der Waals surface area (Å²) in [5.74, 6) is 0.696. The highest BCUT2D eigenvalue weighted by Crippen LogP contribution is 2.38.